The van der Waals surface area contributed by atoms with Crippen molar-refractivity contribution in [3.63, 3.8) is 0 Å². The second-order valence-electron chi connectivity index (χ2n) is 5.96. The fourth-order valence-corrected chi connectivity index (χ4v) is 4.01. The zero-order chi connectivity index (χ0) is 18.1. The number of allylic oxidation sites excluding steroid dienone is 2. The van der Waals surface area contributed by atoms with E-state index in [0.29, 0.717) is 31.1 Å². The quantitative estimate of drug-likeness (QED) is 0.388. The van der Waals surface area contributed by atoms with Gasteiger partial charge in [0.15, 0.2) is 5.78 Å². The van der Waals surface area contributed by atoms with Gasteiger partial charge >= 0.3 is 0 Å². The van der Waals surface area contributed by atoms with Crippen molar-refractivity contribution in [1.82, 2.24) is 0 Å². The van der Waals surface area contributed by atoms with Gasteiger partial charge < -0.3 is 9.94 Å². The van der Waals surface area contributed by atoms with E-state index in [1.807, 2.05) is 31.2 Å². The van der Waals surface area contributed by atoms with Crippen LogP contribution in [0.2, 0.25) is 5.02 Å². The van der Waals surface area contributed by atoms with Crippen LogP contribution in [0.4, 0.5) is 0 Å². The fraction of sp³-hybridized carbons (Fsp3) is 0.474. The van der Waals surface area contributed by atoms with Gasteiger partial charge in [-0.3, -0.25) is 4.79 Å². The molecule has 1 aliphatic rings. The van der Waals surface area contributed by atoms with Crippen LogP contribution >= 0.6 is 23.4 Å². The first-order chi connectivity index (χ1) is 12.1. The van der Waals surface area contributed by atoms with Crippen molar-refractivity contribution in [2.75, 3.05) is 19.0 Å². The van der Waals surface area contributed by atoms with Crippen LogP contribution in [-0.2, 0) is 9.63 Å². The molecule has 0 aromatic heterocycles. The lowest BCUT2D eigenvalue weighted by atomic mass is 9.85. The number of oxime groups is 1. The van der Waals surface area contributed by atoms with Crippen molar-refractivity contribution in [3.05, 3.63) is 40.9 Å². The predicted molar refractivity (Wildman–Crippen MR) is 103 cm³/mol. The Balaban J connectivity index is 1.81. The number of hydrogen-bond donors (Lipinski definition) is 1. The Morgan fingerprint density at radius 1 is 1.48 bits per heavy atom. The van der Waals surface area contributed by atoms with Gasteiger partial charge in [-0.2, -0.15) is 0 Å². The summed E-state index contributed by atoms with van der Waals surface area (Å²) >= 11 is 7.76. The average Bonchev–Trinajstić information content (AvgIpc) is 2.60. The molecule has 0 saturated carbocycles. The maximum Gasteiger partial charge on any atom is 0.159 e. The third-order valence-electron chi connectivity index (χ3n) is 4.02. The van der Waals surface area contributed by atoms with Gasteiger partial charge in [-0.25, -0.2) is 0 Å². The number of aliphatic hydroxyl groups is 1. The summed E-state index contributed by atoms with van der Waals surface area (Å²) in [6.07, 6.45) is 4.82. The summed E-state index contributed by atoms with van der Waals surface area (Å²) in [7, 11) is 0. The molecule has 136 valence electrons. The minimum atomic E-state index is -0.190. The Bertz CT molecular complexity index is 645. The first-order valence-electron chi connectivity index (χ1n) is 8.51. The summed E-state index contributed by atoms with van der Waals surface area (Å²) in [5.74, 6) is 1.50. The number of aliphatic hydroxyl groups excluding tert-OH is 1. The third kappa shape index (κ3) is 6.84. The van der Waals surface area contributed by atoms with Crippen LogP contribution in [0.25, 0.3) is 0 Å². The van der Waals surface area contributed by atoms with Crippen LogP contribution in [0.15, 0.2) is 46.0 Å². The van der Waals surface area contributed by atoms with Gasteiger partial charge in [0.05, 0.1) is 12.3 Å². The van der Waals surface area contributed by atoms with E-state index in [2.05, 4.69) is 11.2 Å². The highest BCUT2D eigenvalue weighted by molar-refractivity contribution is 7.99. The number of rotatable bonds is 9. The monoisotopic (exact) mass is 381 g/mol. The topological polar surface area (TPSA) is 58.9 Å². The highest BCUT2D eigenvalue weighted by atomic mass is 35.5. The van der Waals surface area contributed by atoms with Crippen LogP contribution in [0.5, 0.6) is 0 Å². The van der Waals surface area contributed by atoms with Crippen LogP contribution in [0.1, 0.15) is 32.6 Å². The predicted octanol–water partition coefficient (Wildman–Crippen LogP) is 4.50. The summed E-state index contributed by atoms with van der Waals surface area (Å²) in [5.41, 5.74) is 1.24. The molecule has 25 heavy (non-hydrogen) atoms. The molecule has 1 aromatic rings. The molecule has 1 N–H and O–H groups in total. The van der Waals surface area contributed by atoms with Gasteiger partial charge in [-0.05, 0) is 55.2 Å². The number of carbonyl (C=O) groups excluding carboxylic acids is 1. The number of hydrogen-bond acceptors (Lipinski definition) is 5. The summed E-state index contributed by atoms with van der Waals surface area (Å²) in [6.45, 7) is 2.09. The molecule has 1 aromatic carbocycles. The molecule has 2 rings (SSSR count). The van der Waals surface area contributed by atoms with E-state index in [9.17, 15) is 9.90 Å². The maximum atomic E-state index is 12.3. The van der Waals surface area contributed by atoms with Crippen LogP contribution in [0.3, 0.4) is 0 Å². The lowest BCUT2D eigenvalue weighted by molar-refractivity contribution is -0.116. The van der Waals surface area contributed by atoms with E-state index in [0.717, 1.165) is 34.1 Å². The average molecular weight is 382 g/mol. The van der Waals surface area contributed by atoms with Crippen molar-refractivity contribution < 1.29 is 14.7 Å². The molecule has 0 aliphatic heterocycles. The number of thioether (sulfide) groups is 1. The molecule has 0 spiro atoms. The smallest absolute Gasteiger partial charge is 0.159 e. The van der Waals surface area contributed by atoms with E-state index in [1.54, 1.807) is 11.8 Å². The van der Waals surface area contributed by atoms with Gasteiger partial charge in [-0.15, -0.1) is 11.8 Å². The van der Waals surface area contributed by atoms with Gasteiger partial charge in [-0.1, -0.05) is 28.9 Å². The maximum absolute atomic E-state index is 12.3. The van der Waals surface area contributed by atoms with Gasteiger partial charge in [0.25, 0.3) is 0 Å². The summed E-state index contributed by atoms with van der Waals surface area (Å²) in [5, 5.41) is 13.9. The summed E-state index contributed by atoms with van der Waals surface area (Å²) < 4.78 is 0. The Kier molecular flexibility index (Phi) is 8.52. The second-order valence-corrected chi connectivity index (χ2v) is 7.57. The van der Waals surface area contributed by atoms with E-state index in [1.165, 1.54) is 0 Å². The van der Waals surface area contributed by atoms with Gasteiger partial charge in [0.1, 0.15) is 6.61 Å². The zero-order valence-electron chi connectivity index (χ0n) is 14.4. The number of benzene rings is 1. The van der Waals surface area contributed by atoms with Gasteiger partial charge in [0, 0.05) is 22.8 Å². The van der Waals surface area contributed by atoms with E-state index in [4.69, 9.17) is 16.4 Å². The summed E-state index contributed by atoms with van der Waals surface area (Å²) in [6, 6.07) is 7.83. The van der Waals surface area contributed by atoms with Crippen molar-refractivity contribution >= 4 is 34.9 Å². The molecule has 1 aliphatic carbocycles. The molecule has 0 amide bonds. The SMILES string of the molecule is CCON=C(CO)CC1=CCC(CCSc2cccc(Cl)c2)CC1=O. The molecular formula is C19H24ClNO3S. The molecule has 0 heterocycles. The van der Waals surface area contributed by atoms with Crippen molar-refractivity contribution in [2.45, 2.75) is 37.5 Å². The molecule has 0 saturated heterocycles. The lowest BCUT2D eigenvalue weighted by Crippen LogP contribution is -2.19. The molecule has 0 radical (unpaired) electrons. The lowest BCUT2D eigenvalue weighted by Gasteiger charge is -2.21. The largest absolute Gasteiger partial charge is 0.396 e. The number of nitrogens with zero attached hydrogens (tertiary/aromatic N) is 1. The second kappa shape index (κ2) is 10.6. The highest BCUT2D eigenvalue weighted by Crippen LogP contribution is 2.29. The summed E-state index contributed by atoms with van der Waals surface area (Å²) in [4.78, 5) is 18.5. The molecule has 0 fully saturated rings. The number of Topliss-reactive ketones (excluding diaryl/α,β-unsaturated/α-hetero) is 1. The highest BCUT2D eigenvalue weighted by Gasteiger charge is 2.22. The first-order valence-corrected chi connectivity index (χ1v) is 9.87. The van der Waals surface area contributed by atoms with E-state index < -0.39 is 0 Å². The standard InChI is InChI=1S/C19H24ClNO3S/c1-2-24-21-17(13-22)11-15-7-6-14(10-19(15)23)8-9-25-18-5-3-4-16(20)12-18/h3-5,7,12,14,22H,2,6,8-11,13H2,1H3. The van der Waals surface area contributed by atoms with Crippen molar-refractivity contribution in [1.29, 1.82) is 0 Å². The van der Waals surface area contributed by atoms with Gasteiger partial charge in [0.2, 0.25) is 0 Å². The first kappa shape index (κ1) is 20.0. The third-order valence-corrected chi connectivity index (χ3v) is 5.28. The minimum absolute atomic E-state index is 0.154. The number of carbonyl (C=O) groups is 1. The van der Waals surface area contributed by atoms with E-state index in [-0.39, 0.29) is 12.4 Å². The molecule has 4 nitrogen and oxygen atoms in total. The number of halogens is 1. The van der Waals surface area contributed by atoms with E-state index >= 15 is 0 Å². The molecule has 6 heteroatoms. The van der Waals surface area contributed by atoms with Crippen molar-refractivity contribution in [3.8, 4) is 0 Å². The number of ketones is 1. The molecule has 1 atom stereocenters. The minimum Gasteiger partial charge on any atom is -0.396 e. The fourth-order valence-electron chi connectivity index (χ4n) is 2.68. The molecule has 0 bridgehead atoms. The van der Waals surface area contributed by atoms with Crippen LogP contribution < -0.4 is 0 Å². The van der Waals surface area contributed by atoms with Crippen LogP contribution in [0, 0.1) is 5.92 Å². The molecular weight excluding hydrogens is 358 g/mol. The van der Waals surface area contributed by atoms with Crippen LogP contribution in [-0.4, -0.2) is 35.6 Å². The Labute approximate surface area is 158 Å². The normalized spacial score (nSPS) is 18.2. The van der Waals surface area contributed by atoms with Crippen molar-refractivity contribution in [2.24, 2.45) is 11.1 Å². The zero-order valence-corrected chi connectivity index (χ0v) is 16.0. The Hall–Kier alpha value is -1.30. The Morgan fingerprint density at radius 3 is 3.00 bits per heavy atom. The molecule has 1 unspecified atom stereocenters. The Morgan fingerprint density at radius 2 is 2.32 bits per heavy atom.